The molecule has 7 heteroatoms. The van der Waals surface area contributed by atoms with Gasteiger partial charge >= 0.3 is 0 Å². The van der Waals surface area contributed by atoms with Gasteiger partial charge in [0.05, 0.1) is 11.0 Å². The van der Waals surface area contributed by atoms with Crippen molar-refractivity contribution in [3.05, 3.63) is 30.1 Å². The number of nitrogens with two attached hydrogens (primary N) is 1. The van der Waals surface area contributed by atoms with Gasteiger partial charge in [-0.2, -0.15) is 4.31 Å². The molecule has 0 saturated carbocycles. The summed E-state index contributed by atoms with van der Waals surface area (Å²) in [6.07, 6.45) is 1.26. The zero-order valence-electron chi connectivity index (χ0n) is 9.54. The monoisotopic (exact) mass is 288 g/mol. The molecular weight excluding hydrogens is 275 g/mol. The van der Waals surface area contributed by atoms with Gasteiger partial charge in [-0.3, -0.25) is 0 Å². The second kappa shape index (κ2) is 4.91. The second-order valence-corrected chi connectivity index (χ2v) is 6.44. The zero-order valence-corrected chi connectivity index (χ0v) is 11.2. The van der Waals surface area contributed by atoms with Crippen LogP contribution in [0.5, 0.6) is 0 Å². The molecule has 1 unspecified atom stereocenters. The van der Waals surface area contributed by atoms with Crippen LogP contribution in [0.1, 0.15) is 12.8 Å². The van der Waals surface area contributed by atoms with Gasteiger partial charge in [0.25, 0.3) is 0 Å². The Morgan fingerprint density at radius 2 is 2.11 bits per heavy atom. The van der Waals surface area contributed by atoms with Gasteiger partial charge in [0, 0.05) is 6.54 Å². The fourth-order valence-electron chi connectivity index (χ4n) is 2.09. The van der Waals surface area contributed by atoms with Gasteiger partial charge in [0.15, 0.2) is 0 Å². The van der Waals surface area contributed by atoms with Gasteiger partial charge in [-0.25, -0.2) is 12.8 Å². The van der Waals surface area contributed by atoms with Crippen LogP contribution in [0.3, 0.4) is 0 Å². The lowest BCUT2D eigenvalue weighted by atomic mass is 10.2. The van der Waals surface area contributed by atoms with E-state index in [1.54, 1.807) is 0 Å². The van der Waals surface area contributed by atoms with E-state index in [1.807, 2.05) is 0 Å². The van der Waals surface area contributed by atoms with Gasteiger partial charge in [-0.15, -0.1) is 0 Å². The maximum atomic E-state index is 13.6. The van der Waals surface area contributed by atoms with Crippen LogP contribution in [-0.2, 0) is 10.0 Å². The zero-order chi connectivity index (χ0) is 13.3. The molecule has 1 saturated heterocycles. The summed E-state index contributed by atoms with van der Waals surface area (Å²) in [6.45, 7) is 0.318. The molecule has 0 radical (unpaired) electrons. The van der Waals surface area contributed by atoms with Gasteiger partial charge in [-0.05, 0) is 25.0 Å². The van der Waals surface area contributed by atoms with Crippen molar-refractivity contribution in [2.24, 2.45) is 5.73 Å². The SMILES string of the molecule is NC(=S)C1CCCN1S(=O)(=O)c1ccccc1F. The number of halogens is 1. The lowest BCUT2D eigenvalue weighted by molar-refractivity contribution is 0.441. The third kappa shape index (κ3) is 2.25. The largest absolute Gasteiger partial charge is 0.392 e. The highest BCUT2D eigenvalue weighted by Gasteiger charge is 2.37. The maximum absolute atomic E-state index is 13.6. The molecule has 1 aromatic rings. The van der Waals surface area contributed by atoms with Crippen molar-refractivity contribution in [1.29, 1.82) is 0 Å². The topological polar surface area (TPSA) is 63.4 Å². The molecule has 2 N–H and O–H groups in total. The van der Waals surface area contributed by atoms with Gasteiger partial charge in [-0.1, -0.05) is 24.4 Å². The smallest absolute Gasteiger partial charge is 0.246 e. The molecule has 1 aromatic carbocycles. The minimum absolute atomic E-state index is 0.132. The van der Waals surface area contributed by atoms with E-state index in [9.17, 15) is 12.8 Å². The molecule has 98 valence electrons. The molecule has 2 rings (SSSR count). The number of hydrogen-bond donors (Lipinski definition) is 1. The fraction of sp³-hybridized carbons (Fsp3) is 0.364. The number of hydrogen-bond acceptors (Lipinski definition) is 3. The van der Waals surface area contributed by atoms with Gasteiger partial charge in [0.1, 0.15) is 10.7 Å². The van der Waals surface area contributed by atoms with E-state index < -0.39 is 21.9 Å². The van der Waals surface area contributed by atoms with Crippen LogP contribution in [0.25, 0.3) is 0 Å². The summed E-state index contributed by atoms with van der Waals surface area (Å²) >= 11 is 4.86. The van der Waals surface area contributed by atoms with Crippen molar-refractivity contribution in [2.75, 3.05) is 6.54 Å². The summed E-state index contributed by atoms with van der Waals surface area (Å²) in [5.74, 6) is -0.758. The molecular formula is C11H13FN2O2S2. The average Bonchev–Trinajstić information content (AvgIpc) is 2.78. The first-order chi connectivity index (χ1) is 8.44. The van der Waals surface area contributed by atoms with Crippen LogP contribution < -0.4 is 5.73 Å². The molecule has 18 heavy (non-hydrogen) atoms. The first-order valence-corrected chi connectivity index (χ1v) is 7.35. The second-order valence-electron chi connectivity index (χ2n) is 4.11. The molecule has 0 spiro atoms. The molecule has 1 aliphatic rings. The molecule has 0 aliphatic carbocycles. The first kappa shape index (κ1) is 13.4. The summed E-state index contributed by atoms with van der Waals surface area (Å²) < 4.78 is 39.5. The molecule has 0 amide bonds. The predicted octanol–water partition coefficient (Wildman–Crippen LogP) is 1.26. The van der Waals surface area contributed by atoms with Crippen LogP contribution in [-0.4, -0.2) is 30.3 Å². The number of sulfonamides is 1. The first-order valence-electron chi connectivity index (χ1n) is 5.50. The van der Waals surface area contributed by atoms with Crippen molar-refractivity contribution in [2.45, 2.75) is 23.8 Å². The quantitative estimate of drug-likeness (QED) is 0.851. The molecule has 1 fully saturated rings. The molecule has 0 aromatic heterocycles. The van der Waals surface area contributed by atoms with Crippen LogP contribution in [0.15, 0.2) is 29.2 Å². The van der Waals surface area contributed by atoms with Crippen molar-refractivity contribution in [3.63, 3.8) is 0 Å². The lowest BCUT2D eigenvalue weighted by Crippen LogP contribution is -2.42. The Morgan fingerprint density at radius 3 is 2.72 bits per heavy atom. The lowest BCUT2D eigenvalue weighted by Gasteiger charge is -2.23. The third-order valence-corrected chi connectivity index (χ3v) is 5.17. The Labute approximate surface area is 111 Å². The van der Waals surface area contributed by atoms with E-state index in [4.69, 9.17) is 18.0 Å². The standard InChI is InChI=1S/C11H13FN2O2S2/c12-8-4-1-2-6-10(8)18(15,16)14-7-3-5-9(14)11(13)17/h1-2,4,6,9H,3,5,7H2,(H2,13,17). The fourth-order valence-corrected chi connectivity index (χ4v) is 4.15. The normalized spacial score (nSPS) is 21.1. The van der Waals surface area contributed by atoms with E-state index in [2.05, 4.69) is 0 Å². The van der Waals surface area contributed by atoms with Crippen molar-refractivity contribution in [3.8, 4) is 0 Å². The van der Waals surface area contributed by atoms with Crippen molar-refractivity contribution < 1.29 is 12.8 Å². The number of rotatable bonds is 3. The number of benzene rings is 1. The van der Waals surface area contributed by atoms with E-state index in [1.165, 1.54) is 22.5 Å². The summed E-state index contributed by atoms with van der Waals surface area (Å²) in [5, 5.41) is 0. The highest BCUT2D eigenvalue weighted by Crippen LogP contribution is 2.27. The Bertz CT molecular complexity index is 574. The summed E-state index contributed by atoms with van der Waals surface area (Å²) in [4.78, 5) is -0.194. The maximum Gasteiger partial charge on any atom is 0.246 e. The van der Waals surface area contributed by atoms with Crippen LogP contribution >= 0.6 is 12.2 Å². The summed E-state index contributed by atoms with van der Waals surface area (Å²) in [5.41, 5.74) is 5.53. The molecule has 1 heterocycles. The Kier molecular flexibility index (Phi) is 3.65. The number of nitrogens with zero attached hydrogens (tertiary/aromatic N) is 1. The highest BCUT2D eigenvalue weighted by molar-refractivity contribution is 7.89. The molecule has 1 atom stereocenters. The molecule has 4 nitrogen and oxygen atoms in total. The molecule has 1 aliphatic heterocycles. The van der Waals surface area contributed by atoms with Crippen molar-refractivity contribution >= 4 is 27.2 Å². The predicted molar refractivity (Wildman–Crippen MR) is 70.1 cm³/mol. The summed E-state index contributed by atoms with van der Waals surface area (Å²) in [6, 6.07) is 4.80. The van der Waals surface area contributed by atoms with Gasteiger partial charge in [0.2, 0.25) is 10.0 Å². The van der Waals surface area contributed by atoms with E-state index >= 15 is 0 Å². The minimum Gasteiger partial charge on any atom is -0.392 e. The van der Waals surface area contributed by atoms with Crippen LogP contribution in [0, 0.1) is 5.82 Å². The van der Waals surface area contributed by atoms with E-state index in [0.29, 0.717) is 19.4 Å². The van der Waals surface area contributed by atoms with Crippen LogP contribution in [0.4, 0.5) is 4.39 Å². The average molecular weight is 288 g/mol. The minimum atomic E-state index is -3.87. The molecule has 0 bridgehead atoms. The van der Waals surface area contributed by atoms with E-state index in [-0.39, 0.29) is 9.88 Å². The van der Waals surface area contributed by atoms with Crippen molar-refractivity contribution in [1.82, 2.24) is 4.31 Å². The number of thiocarbonyl (C=S) groups is 1. The Balaban J connectivity index is 2.43. The summed E-state index contributed by atoms with van der Waals surface area (Å²) in [7, 11) is -3.87. The Hall–Kier alpha value is -1.05. The van der Waals surface area contributed by atoms with Crippen LogP contribution in [0.2, 0.25) is 0 Å². The van der Waals surface area contributed by atoms with E-state index in [0.717, 1.165) is 6.07 Å². The van der Waals surface area contributed by atoms with Gasteiger partial charge < -0.3 is 5.73 Å². The third-order valence-electron chi connectivity index (χ3n) is 2.96. The highest BCUT2D eigenvalue weighted by atomic mass is 32.2. The Morgan fingerprint density at radius 1 is 1.44 bits per heavy atom.